The van der Waals surface area contributed by atoms with Gasteiger partial charge in [-0.15, -0.1) is 0 Å². The SMILES string of the molecule is Fc1cccc2c1-c1cc3c(n[nH]c3cn1)-c1ccc(N3CCN4CCOCC4C3)c(c1)OCCCO2. The van der Waals surface area contributed by atoms with Crippen LogP contribution in [0.25, 0.3) is 33.4 Å². The van der Waals surface area contributed by atoms with Gasteiger partial charge in [0.05, 0.1) is 61.1 Å². The van der Waals surface area contributed by atoms with Gasteiger partial charge in [-0.25, -0.2) is 4.39 Å². The zero-order valence-corrected chi connectivity index (χ0v) is 20.5. The number of halogens is 1. The molecule has 8 nitrogen and oxygen atoms in total. The number of H-pyrrole nitrogens is 1. The van der Waals surface area contributed by atoms with Crippen LogP contribution in [0.3, 0.4) is 0 Å². The number of pyridine rings is 1. The van der Waals surface area contributed by atoms with Gasteiger partial charge in [0.25, 0.3) is 0 Å². The lowest BCUT2D eigenvalue weighted by molar-refractivity contribution is -0.0117. The lowest BCUT2D eigenvalue weighted by Gasteiger charge is -2.44. The second-order valence-electron chi connectivity index (χ2n) is 9.74. The van der Waals surface area contributed by atoms with E-state index in [1.807, 2.05) is 6.07 Å². The van der Waals surface area contributed by atoms with E-state index in [0.717, 1.165) is 73.0 Å². The molecular formula is C28H28FN5O3. The molecule has 1 atom stereocenters. The summed E-state index contributed by atoms with van der Waals surface area (Å²) in [5.41, 5.74) is 4.44. The van der Waals surface area contributed by atoms with Crippen molar-refractivity contribution in [1.29, 1.82) is 0 Å². The van der Waals surface area contributed by atoms with Crippen LogP contribution in [-0.4, -0.2) is 78.7 Å². The summed E-state index contributed by atoms with van der Waals surface area (Å²) in [4.78, 5) is 9.44. The summed E-state index contributed by atoms with van der Waals surface area (Å²) >= 11 is 0. The third-order valence-corrected chi connectivity index (χ3v) is 7.49. The molecule has 2 aromatic heterocycles. The molecule has 0 aliphatic carbocycles. The number of aromatic amines is 1. The number of fused-ring (bicyclic) bond motifs is 7. The highest BCUT2D eigenvalue weighted by Crippen LogP contribution is 2.39. The first kappa shape index (κ1) is 22.5. The first-order valence-corrected chi connectivity index (χ1v) is 12.8. The number of rotatable bonds is 1. The molecule has 1 N–H and O–H groups in total. The maximum atomic E-state index is 14.9. The minimum atomic E-state index is -0.368. The zero-order valence-electron chi connectivity index (χ0n) is 20.5. The summed E-state index contributed by atoms with van der Waals surface area (Å²) in [6.07, 6.45) is 2.35. The minimum Gasteiger partial charge on any atom is -0.493 e. The molecule has 0 amide bonds. The third-order valence-electron chi connectivity index (χ3n) is 7.49. The van der Waals surface area contributed by atoms with Gasteiger partial charge >= 0.3 is 0 Å². The van der Waals surface area contributed by atoms with Crippen LogP contribution in [-0.2, 0) is 4.74 Å². The highest BCUT2D eigenvalue weighted by Gasteiger charge is 2.31. The van der Waals surface area contributed by atoms with Crippen molar-refractivity contribution in [3.8, 4) is 34.0 Å². The summed E-state index contributed by atoms with van der Waals surface area (Å²) < 4.78 is 33.1. The van der Waals surface area contributed by atoms with E-state index in [9.17, 15) is 4.39 Å². The number of benzene rings is 2. The quantitative estimate of drug-likeness (QED) is 0.421. The third kappa shape index (κ3) is 4.08. The van der Waals surface area contributed by atoms with E-state index in [4.69, 9.17) is 14.2 Å². The predicted octanol–water partition coefficient (Wildman–Crippen LogP) is 4.11. The Morgan fingerprint density at radius 2 is 1.89 bits per heavy atom. The lowest BCUT2D eigenvalue weighted by atomic mass is 10.0. The van der Waals surface area contributed by atoms with Crippen molar-refractivity contribution >= 4 is 16.6 Å². The van der Waals surface area contributed by atoms with E-state index >= 15 is 0 Å². The Morgan fingerprint density at radius 1 is 0.973 bits per heavy atom. The average molecular weight is 502 g/mol. The summed E-state index contributed by atoms with van der Waals surface area (Å²) in [5.74, 6) is 0.935. The van der Waals surface area contributed by atoms with Crippen LogP contribution in [0.1, 0.15) is 6.42 Å². The van der Waals surface area contributed by atoms with Crippen LogP contribution >= 0.6 is 0 Å². The second-order valence-corrected chi connectivity index (χ2v) is 9.74. The van der Waals surface area contributed by atoms with Gasteiger partial charge in [-0.2, -0.15) is 5.10 Å². The highest BCUT2D eigenvalue weighted by molar-refractivity contribution is 5.95. The highest BCUT2D eigenvalue weighted by atomic mass is 19.1. The number of piperazine rings is 1. The first-order valence-electron chi connectivity index (χ1n) is 12.8. The van der Waals surface area contributed by atoms with E-state index in [1.165, 1.54) is 6.07 Å². The molecule has 0 radical (unpaired) electrons. The van der Waals surface area contributed by atoms with Crippen LogP contribution in [0, 0.1) is 5.82 Å². The molecule has 7 rings (SSSR count). The Labute approximate surface area is 214 Å². The van der Waals surface area contributed by atoms with Gasteiger partial charge in [-0.05, 0) is 30.3 Å². The van der Waals surface area contributed by atoms with Crippen molar-refractivity contribution in [2.24, 2.45) is 0 Å². The van der Waals surface area contributed by atoms with Crippen LogP contribution in [0.2, 0.25) is 0 Å². The molecule has 2 aromatic carbocycles. The standard InChI is InChI=1S/C28H28FN5O3/c29-21-3-1-4-25-27(21)22-14-20-23(15-30-22)31-32-28(20)18-5-6-24(26(13-18)37-11-2-10-36-25)34-8-7-33-9-12-35-17-19(33)16-34/h1,3-6,13-15,19H,2,7-12,16-17H2,(H,31,32). The number of morpholine rings is 1. The number of aromatic nitrogens is 3. The molecule has 0 saturated carbocycles. The molecule has 0 spiro atoms. The van der Waals surface area contributed by atoms with Gasteiger partial charge in [0, 0.05) is 43.5 Å². The number of hydrogen-bond donors (Lipinski definition) is 1. The summed E-state index contributed by atoms with van der Waals surface area (Å²) in [6, 6.07) is 13.4. The Balaban J connectivity index is 1.31. The molecule has 190 valence electrons. The molecular weight excluding hydrogens is 473 g/mol. The van der Waals surface area contributed by atoms with Gasteiger partial charge in [0.15, 0.2) is 0 Å². The lowest BCUT2D eigenvalue weighted by Crippen LogP contribution is -2.58. The topological polar surface area (TPSA) is 75.7 Å². The van der Waals surface area contributed by atoms with E-state index in [0.29, 0.717) is 42.7 Å². The maximum absolute atomic E-state index is 14.9. The van der Waals surface area contributed by atoms with E-state index < -0.39 is 0 Å². The number of hydrogen-bond acceptors (Lipinski definition) is 7. The van der Waals surface area contributed by atoms with Crippen LogP contribution in [0.5, 0.6) is 11.5 Å². The molecule has 4 bridgehead atoms. The fourth-order valence-electron chi connectivity index (χ4n) is 5.57. The Morgan fingerprint density at radius 3 is 2.84 bits per heavy atom. The van der Waals surface area contributed by atoms with Crippen molar-refractivity contribution in [2.45, 2.75) is 12.5 Å². The number of nitrogens with one attached hydrogen (secondary N) is 1. The molecule has 4 aromatic rings. The average Bonchev–Trinajstić information content (AvgIpc) is 3.35. The summed E-state index contributed by atoms with van der Waals surface area (Å²) in [6.45, 7) is 6.32. The van der Waals surface area contributed by atoms with Crippen LogP contribution < -0.4 is 14.4 Å². The van der Waals surface area contributed by atoms with Gasteiger partial charge < -0.3 is 19.1 Å². The van der Waals surface area contributed by atoms with Crippen molar-refractivity contribution in [2.75, 3.05) is 57.5 Å². The van der Waals surface area contributed by atoms with Gasteiger partial charge in [-0.3, -0.25) is 15.0 Å². The normalized spacial score (nSPS) is 20.0. The Hall–Kier alpha value is -3.69. The second kappa shape index (κ2) is 9.32. The molecule has 3 aliphatic rings. The van der Waals surface area contributed by atoms with Gasteiger partial charge in [0.1, 0.15) is 23.0 Å². The molecule has 2 saturated heterocycles. The molecule has 1 unspecified atom stereocenters. The number of anilines is 1. The van der Waals surface area contributed by atoms with E-state index in [1.54, 1.807) is 18.3 Å². The zero-order chi connectivity index (χ0) is 24.8. The van der Waals surface area contributed by atoms with Gasteiger partial charge in [-0.1, -0.05) is 12.1 Å². The molecule has 2 fully saturated rings. The maximum Gasteiger partial charge on any atom is 0.143 e. The van der Waals surface area contributed by atoms with Crippen LogP contribution in [0.4, 0.5) is 10.1 Å². The molecule has 5 heterocycles. The molecule has 3 aliphatic heterocycles. The smallest absolute Gasteiger partial charge is 0.143 e. The largest absolute Gasteiger partial charge is 0.493 e. The monoisotopic (exact) mass is 501 g/mol. The summed E-state index contributed by atoms with van der Waals surface area (Å²) in [7, 11) is 0. The van der Waals surface area contributed by atoms with Crippen molar-refractivity contribution in [3.05, 3.63) is 54.5 Å². The fraction of sp³-hybridized carbons (Fsp3) is 0.357. The Kier molecular flexibility index (Phi) is 5.67. The first-order chi connectivity index (χ1) is 18.2. The molecule has 37 heavy (non-hydrogen) atoms. The number of nitrogens with zero attached hydrogens (tertiary/aromatic N) is 4. The van der Waals surface area contributed by atoms with E-state index in [-0.39, 0.29) is 5.82 Å². The summed E-state index contributed by atoms with van der Waals surface area (Å²) in [5, 5.41) is 8.53. The van der Waals surface area contributed by atoms with Crippen molar-refractivity contribution in [1.82, 2.24) is 20.1 Å². The molecule has 9 heteroatoms. The predicted molar refractivity (Wildman–Crippen MR) is 139 cm³/mol. The fourth-order valence-corrected chi connectivity index (χ4v) is 5.57. The van der Waals surface area contributed by atoms with Gasteiger partial charge in [0.2, 0.25) is 0 Å². The Bertz CT molecular complexity index is 1460. The number of ether oxygens (including phenoxy) is 3. The van der Waals surface area contributed by atoms with Crippen molar-refractivity contribution in [3.63, 3.8) is 0 Å². The van der Waals surface area contributed by atoms with E-state index in [2.05, 4.69) is 43.2 Å². The minimum absolute atomic E-state index is 0.358. The van der Waals surface area contributed by atoms with Crippen LogP contribution in [0.15, 0.2) is 48.7 Å². The van der Waals surface area contributed by atoms with Crippen molar-refractivity contribution < 1.29 is 18.6 Å².